The van der Waals surface area contributed by atoms with Crippen LogP contribution in [-0.4, -0.2) is 10.7 Å². The Labute approximate surface area is 131 Å². The number of nitrogens with zero attached hydrogens (tertiary/aromatic N) is 1. The van der Waals surface area contributed by atoms with E-state index in [1.54, 1.807) is 12.1 Å². The molecule has 2 aromatic rings. The van der Waals surface area contributed by atoms with E-state index in [9.17, 15) is 14.9 Å². The smallest absolute Gasteiger partial charge is 0.272 e. The Morgan fingerprint density at radius 3 is 2.10 bits per heavy atom. The normalized spacial score (nSPS) is 10.4. The number of non-ortho nitro benzene ring substituents is 1. The molecule has 2 rings (SSSR count). The van der Waals surface area contributed by atoms with Crippen molar-refractivity contribution in [3.05, 3.63) is 73.2 Å². The minimum Gasteiger partial charge on any atom is -0.295 e. The number of ketones is 1. The molecule has 0 atom stereocenters. The molecule has 0 aliphatic heterocycles. The predicted octanol–water partition coefficient (Wildman–Crippen LogP) is 4.70. The maximum atomic E-state index is 11.2. The van der Waals surface area contributed by atoms with Gasteiger partial charge in [0.2, 0.25) is 0 Å². The van der Waals surface area contributed by atoms with Gasteiger partial charge in [-0.2, -0.15) is 0 Å². The number of Topliss-reactive ketones (excluding diaryl/α,β-unsaturated/α-hetero) is 1. The molecule has 108 valence electrons. The molecule has 0 bridgehead atoms. The van der Waals surface area contributed by atoms with Gasteiger partial charge in [0.25, 0.3) is 5.69 Å². The topological polar surface area (TPSA) is 60.2 Å². The number of rotatable bonds is 4. The summed E-state index contributed by atoms with van der Waals surface area (Å²) in [5, 5.41) is 11.2. The monoisotopic (exact) mass is 323 g/mol. The molecule has 6 heteroatoms. The van der Waals surface area contributed by atoms with Crippen LogP contribution in [0.2, 0.25) is 10.0 Å². The Morgan fingerprint density at radius 1 is 1.14 bits per heavy atom. The van der Waals surface area contributed by atoms with Crippen LogP contribution in [0.25, 0.3) is 0 Å². The molecule has 0 fully saturated rings. The minimum absolute atomic E-state index is 0.00653. The fourth-order valence-electron chi connectivity index (χ4n) is 1.93. The average Bonchev–Trinajstić information content (AvgIpc) is 2.43. The van der Waals surface area contributed by atoms with Gasteiger partial charge in [-0.3, -0.25) is 14.9 Å². The fourth-order valence-corrected chi connectivity index (χ4v) is 2.53. The fraction of sp³-hybridized carbons (Fsp3) is 0.133. The first-order chi connectivity index (χ1) is 9.88. The number of hydrogen-bond donors (Lipinski definition) is 0. The summed E-state index contributed by atoms with van der Waals surface area (Å²) in [5.41, 5.74) is 2.03. The van der Waals surface area contributed by atoms with Gasteiger partial charge in [0.15, 0.2) is 5.78 Å². The first-order valence-electron chi connectivity index (χ1n) is 6.10. The van der Waals surface area contributed by atoms with Crippen LogP contribution in [0, 0.1) is 10.1 Å². The van der Waals surface area contributed by atoms with E-state index in [1.807, 2.05) is 12.1 Å². The highest BCUT2D eigenvalue weighted by molar-refractivity contribution is 6.36. The number of benzene rings is 2. The highest BCUT2D eigenvalue weighted by atomic mass is 35.5. The average molecular weight is 324 g/mol. The van der Waals surface area contributed by atoms with Crippen LogP contribution in [0.4, 0.5) is 5.69 Å². The molecule has 0 N–H and O–H groups in total. The number of nitro benzene ring substituents is 1. The first kappa shape index (κ1) is 15.5. The van der Waals surface area contributed by atoms with Crippen molar-refractivity contribution in [1.29, 1.82) is 0 Å². The third kappa shape index (κ3) is 3.60. The Hall–Kier alpha value is -1.91. The molecule has 0 amide bonds. The predicted molar refractivity (Wildman–Crippen MR) is 82.4 cm³/mol. The molecule has 0 saturated heterocycles. The first-order valence-corrected chi connectivity index (χ1v) is 6.86. The van der Waals surface area contributed by atoms with E-state index < -0.39 is 4.92 Å². The molecular formula is C15H11Cl2NO3. The number of halogens is 2. The summed E-state index contributed by atoms with van der Waals surface area (Å²) >= 11 is 12.1. The van der Waals surface area contributed by atoms with E-state index >= 15 is 0 Å². The van der Waals surface area contributed by atoms with Gasteiger partial charge in [0.05, 0.1) is 15.0 Å². The van der Waals surface area contributed by atoms with Crippen LogP contribution < -0.4 is 0 Å². The molecule has 4 nitrogen and oxygen atoms in total. The van der Waals surface area contributed by atoms with Crippen LogP contribution >= 0.6 is 23.2 Å². The lowest BCUT2D eigenvalue weighted by molar-refractivity contribution is -0.384. The number of hydrogen-bond acceptors (Lipinski definition) is 3. The quantitative estimate of drug-likeness (QED) is 0.465. The van der Waals surface area contributed by atoms with E-state index in [1.165, 1.54) is 19.1 Å². The van der Waals surface area contributed by atoms with Gasteiger partial charge in [0, 0.05) is 24.1 Å². The lowest BCUT2D eigenvalue weighted by Gasteiger charge is -2.08. The van der Waals surface area contributed by atoms with Gasteiger partial charge in [-0.05, 0) is 18.1 Å². The summed E-state index contributed by atoms with van der Waals surface area (Å²) < 4.78 is 0. The van der Waals surface area contributed by atoms with Gasteiger partial charge >= 0.3 is 0 Å². The second-order valence-corrected chi connectivity index (χ2v) is 5.39. The summed E-state index contributed by atoms with van der Waals surface area (Å²) in [6.07, 6.45) is 0.438. The maximum Gasteiger partial charge on any atom is 0.272 e. The molecule has 0 radical (unpaired) electrons. The Morgan fingerprint density at radius 2 is 1.67 bits per heavy atom. The zero-order chi connectivity index (χ0) is 15.6. The van der Waals surface area contributed by atoms with Crippen molar-refractivity contribution in [3.63, 3.8) is 0 Å². The highest BCUT2D eigenvalue weighted by Gasteiger charge is 2.15. The molecular weight excluding hydrogens is 313 g/mol. The van der Waals surface area contributed by atoms with Crippen molar-refractivity contribution in [1.82, 2.24) is 0 Å². The zero-order valence-corrected chi connectivity index (χ0v) is 12.6. The van der Waals surface area contributed by atoms with Gasteiger partial charge in [0.1, 0.15) is 0 Å². The molecule has 0 aliphatic rings. The van der Waals surface area contributed by atoms with Gasteiger partial charge in [-0.1, -0.05) is 47.5 Å². The summed E-state index contributed by atoms with van der Waals surface area (Å²) in [7, 11) is 0. The number of carbonyl (C=O) groups excluding carboxylic acids is 1. The molecule has 2 aromatic carbocycles. The van der Waals surface area contributed by atoms with Crippen LogP contribution in [0.5, 0.6) is 0 Å². The SMILES string of the molecule is CC(=O)c1ccc(Cc2c(Cl)cc([N+](=O)[O-])cc2Cl)cc1. The molecule has 0 aliphatic carbocycles. The second-order valence-electron chi connectivity index (χ2n) is 4.57. The van der Waals surface area contributed by atoms with Crippen molar-refractivity contribution >= 4 is 34.7 Å². The third-order valence-corrected chi connectivity index (χ3v) is 3.75. The third-order valence-electron chi connectivity index (χ3n) is 3.08. The van der Waals surface area contributed by atoms with Crippen molar-refractivity contribution in [2.75, 3.05) is 0 Å². The Kier molecular flexibility index (Phi) is 4.60. The Bertz CT molecular complexity index is 688. The largest absolute Gasteiger partial charge is 0.295 e. The molecule has 0 saturated carbocycles. The van der Waals surface area contributed by atoms with Crippen LogP contribution in [0.1, 0.15) is 28.4 Å². The molecule has 21 heavy (non-hydrogen) atoms. The van der Waals surface area contributed by atoms with Gasteiger partial charge in [-0.15, -0.1) is 0 Å². The van der Waals surface area contributed by atoms with Crippen LogP contribution in [0.15, 0.2) is 36.4 Å². The Balaban J connectivity index is 2.31. The molecule has 0 heterocycles. The second kappa shape index (κ2) is 6.24. The van der Waals surface area contributed by atoms with Crippen molar-refractivity contribution in [2.45, 2.75) is 13.3 Å². The number of nitro groups is 1. The zero-order valence-electron chi connectivity index (χ0n) is 11.1. The summed E-state index contributed by atoms with van der Waals surface area (Å²) in [6.45, 7) is 1.50. The number of carbonyl (C=O) groups is 1. The molecule has 0 unspecified atom stereocenters. The maximum absolute atomic E-state index is 11.2. The molecule has 0 spiro atoms. The van der Waals surface area contributed by atoms with E-state index in [0.29, 0.717) is 17.5 Å². The van der Waals surface area contributed by atoms with Crippen molar-refractivity contribution < 1.29 is 9.72 Å². The van der Waals surface area contributed by atoms with E-state index in [-0.39, 0.29) is 21.5 Å². The summed E-state index contributed by atoms with van der Waals surface area (Å²) in [6, 6.07) is 9.64. The van der Waals surface area contributed by atoms with Gasteiger partial charge in [-0.25, -0.2) is 0 Å². The van der Waals surface area contributed by atoms with Gasteiger partial charge < -0.3 is 0 Å². The summed E-state index contributed by atoms with van der Waals surface area (Å²) in [4.78, 5) is 21.4. The minimum atomic E-state index is -0.538. The standard InChI is InChI=1S/C15H11Cl2NO3/c1-9(19)11-4-2-10(3-5-11)6-13-14(16)7-12(18(20)21)8-15(13)17/h2-5,7-8H,6H2,1H3. The van der Waals surface area contributed by atoms with E-state index in [0.717, 1.165) is 5.56 Å². The van der Waals surface area contributed by atoms with Crippen LogP contribution in [-0.2, 0) is 6.42 Å². The lowest BCUT2D eigenvalue weighted by Crippen LogP contribution is -1.96. The van der Waals surface area contributed by atoms with Crippen LogP contribution in [0.3, 0.4) is 0 Å². The van der Waals surface area contributed by atoms with E-state index in [2.05, 4.69) is 0 Å². The van der Waals surface area contributed by atoms with Crippen molar-refractivity contribution in [3.8, 4) is 0 Å². The van der Waals surface area contributed by atoms with E-state index in [4.69, 9.17) is 23.2 Å². The highest BCUT2D eigenvalue weighted by Crippen LogP contribution is 2.31. The summed E-state index contributed by atoms with van der Waals surface area (Å²) in [5.74, 6) is -0.00653. The van der Waals surface area contributed by atoms with Crippen molar-refractivity contribution in [2.24, 2.45) is 0 Å². The molecule has 0 aromatic heterocycles. The lowest BCUT2D eigenvalue weighted by atomic mass is 10.0.